The second kappa shape index (κ2) is 7.00. The number of benzene rings is 1. The van der Waals surface area contributed by atoms with Crippen LogP contribution in [0.1, 0.15) is 13.8 Å². The minimum Gasteiger partial charge on any atom is -0.369 e. The summed E-state index contributed by atoms with van der Waals surface area (Å²) in [7, 11) is -4.03. The van der Waals surface area contributed by atoms with Crippen LogP contribution in [0, 0.1) is 0 Å². The zero-order chi connectivity index (χ0) is 17.9. The number of carbonyl (C=O) groups excluding carboxylic acids is 2. The number of nitrogens with two attached hydrogens (primary N) is 1. The third-order valence-corrected chi connectivity index (χ3v) is 5.17. The predicted octanol–water partition coefficient (Wildman–Crippen LogP) is 0.164. The number of rotatable bonds is 7. The van der Waals surface area contributed by atoms with Gasteiger partial charge in [-0.15, -0.1) is 0 Å². The number of hydrogen-bond donors (Lipinski definition) is 1. The van der Waals surface area contributed by atoms with Gasteiger partial charge in [0.2, 0.25) is 26.8 Å². The molecular formula is C15H20N4O4S. The summed E-state index contributed by atoms with van der Waals surface area (Å²) in [5.74, 6) is -2.04. The van der Waals surface area contributed by atoms with Crippen LogP contribution in [0.15, 0.2) is 29.4 Å². The van der Waals surface area contributed by atoms with Crippen molar-refractivity contribution < 1.29 is 18.0 Å². The first-order valence-corrected chi connectivity index (χ1v) is 9.19. The molecule has 2 amide bonds. The third-order valence-electron chi connectivity index (χ3n) is 3.64. The zero-order valence-electron chi connectivity index (χ0n) is 13.6. The van der Waals surface area contributed by atoms with Crippen molar-refractivity contribution in [2.24, 2.45) is 5.73 Å². The highest BCUT2D eigenvalue weighted by Crippen LogP contribution is 2.20. The average molecular weight is 352 g/mol. The fraction of sp³-hybridized carbons (Fsp3) is 0.400. The Hall–Kier alpha value is -2.42. The maximum Gasteiger partial charge on any atom is 0.242 e. The van der Waals surface area contributed by atoms with Crippen LogP contribution in [0.5, 0.6) is 0 Å². The number of imidazole rings is 1. The van der Waals surface area contributed by atoms with Gasteiger partial charge >= 0.3 is 0 Å². The molecule has 0 spiro atoms. The second-order valence-corrected chi connectivity index (χ2v) is 7.14. The summed E-state index contributed by atoms with van der Waals surface area (Å²) in [5, 5.41) is -0.317. The Morgan fingerprint density at radius 1 is 1.21 bits per heavy atom. The summed E-state index contributed by atoms with van der Waals surface area (Å²) in [6.07, 6.45) is 0. The van der Waals surface area contributed by atoms with Crippen LogP contribution in [-0.2, 0) is 26.0 Å². The molecule has 24 heavy (non-hydrogen) atoms. The summed E-state index contributed by atoms with van der Waals surface area (Å²) >= 11 is 0. The monoisotopic (exact) mass is 352 g/mol. The summed E-state index contributed by atoms with van der Waals surface area (Å²) in [5.41, 5.74) is 5.98. The van der Waals surface area contributed by atoms with E-state index in [0.29, 0.717) is 24.1 Å². The number of carbonyl (C=O) groups is 2. The van der Waals surface area contributed by atoms with Gasteiger partial charge in [-0.05, 0) is 26.0 Å². The van der Waals surface area contributed by atoms with Crippen molar-refractivity contribution >= 4 is 32.7 Å². The van der Waals surface area contributed by atoms with E-state index in [4.69, 9.17) is 5.73 Å². The largest absolute Gasteiger partial charge is 0.369 e. The number of fused-ring (bicyclic) bond motifs is 1. The van der Waals surface area contributed by atoms with Gasteiger partial charge in [-0.3, -0.25) is 9.59 Å². The van der Waals surface area contributed by atoms with E-state index in [1.165, 1.54) is 4.57 Å². The van der Waals surface area contributed by atoms with Crippen LogP contribution in [-0.4, -0.2) is 53.5 Å². The number of para-hydroxylation sites is 2. The van der Waals surface area contributed by atoms with E-state index in [1.807, 2.05) is 13.8 Å². The molecule has 0 saturated heterocycles. The van der Waals surface area contributed by atoms with Gasteiger partial charge in [0.1, 0.15) is 12.3 Å². The molecule has 1 aromatic heterocycles. The Morgan fingerprint density at radius 2 is 1.83 bits per heavy atom. The lowest BCUT2D eigenvalue weighted by Gasteiger charge is -2.19. The molecule has 0 saturated carbocycles. The number of aromatic nitrogens is 2. The van der Waals surface area contributed by atoms with Crippen LogP contribution in [0.3, 0.4) is 0 Å². The van der Waals surface area contributed by atoms with Crippen molar-refractivity contribution in [2.45, 2.75) is 25.5 Å². The van der Waals surface area contributed by atoms with Crippen molar-refractivity contribution in [1.29, 1.82) is 0 Å². The average Bonchev–Trinajstić information content (AvgIpc) is 2.87. The molecule has 0 aliphatic heterocycles. The number of sulfone groups is 1. The number of likely N-dealkylation sites (N-methyl/N-ethyl adjacent to an activating group) is 1. The van der Waals surface area contributed by atoms with Gasteiger partial charge in [-0.2, -0.15) is 0 Å². The molecule has 130 valence electrons. The van der Waals surface area contributed by atoms with E-state index < -0.39 is 21.5 Å². The van der Waals surface area contributed by atoms with Gasteiger partial charge in [0.05, 0.1) is 11.0 Å². The van der Waals surface area contributed by atoms with Gasteiger partial charge in [0, 0.05) is 13.1 Å². The summed E-state index contributed by atoms with van der Waals surface area (Å²) in [4.78, 5) is 29.2. The molecule has 0 aliphatic carbocycles. The molecule has 2 aromatic rings. The molecule has 0 atom stereocenters. The van der Waals surface area contributed by atoms with Crippen LogP contribution < -0.4 is 5.73 Å². The Balaban J connectivity index is 2.56. The first-order chi connectivity index (χ1) is 11.3. The van der Waals surface area contributed by atoms with E-state index >= 15 is 0 Å². The van der Waals surface area contributed by atoms with Crippen LogP contribution in [0.25, 0.3) is 11.0 Å². The Kier molecular flexibility index (Phi) is 5.23. The smallest absolute Gasteiger partial charge is 0.242 e. The summed E-state index contributed by atoms with van der Waals surface area (Å²) in [6, 6.07) is 6.78. The van der Waals surface area contributed by atoms with Crippen LogP contribution >= 0.6 is 0 Å². The first kappa shape index (κ1) is 17.9. The van der Waals surface area contributed by atoms with Gasteiger partial charge in [0.25, 0.3) is 0 Å². The van der Waals surface area contributed by atoms with Gasteiger partial charge in [-0.1, -0.05) is 12.1 Å². The number of hydrogen-bond acceptors (Lipinski definition) is 5. The van der Waals surface area contributed by atoms with E-state index in [2.05, 4.69) is 4.98 Å². The lowest BCUT2D eigenvalue weighted by molar-refractivity contribution is -0.131. The van der Waals surface area contributed by atoms with Gasteiger partial charge < -0.3 is 15.2 Å². The second-order valence-electron chi connectivity index (χ2n) is 5.26. The van der Waals surface area contributed by atoms with Crippen molar-refractivity contribution in [3.63, 3.8) is 0 Å². The van der Waals surface area contributed by atoms with Crippen molar-refractivity contribution in [3.8, 4) is 0 Å². The maximum atomic E-state index is 12.4. The molecular weight excluding hydrogens is 332 g/mol. The molecule has 0 bridgehead atoms. The standard InChI is InChI=1S/C15H20N4O4S/c1-3-18(4-2)14(21)9-19-12-8-6-5-7-11(12)17-15(19)24(22,23)10-13(16)20/h5-8H,3-4,9-10H2,1-2H3,(H2,16,20). The third kappa shape index (κ3) is 3.56. The van der Waals surface area contributed by atoms with Crippen molar-refractivity contribution in [2.75, 3.05) is 18.8 Å². The predicted molar refractivity (Wildman–Crippen MR) is 88.9 cm³/mol. The molecule has 8 nitrogen and oxygen atoms in total. The molecule has 0 radical (unpaired) electrons. The normalized spacial score (nSPS) is 11.6. The molecule has 2 rings (SSSR count). The molecule has 1 heterocycles. The number of primary amides is 1. The van der Waals surface area contributed by atoms with E-state index in [1.54, 1.807) is 29.2 Å². The maximum absolute atomic E-state index is 12.4. The SMILES string of the molecule is CCN(CC)C(=O)Cn1c(S(=O)(=O)CC(N)=O)nc2ccccc21. The highest BCUT2D eigenvalue weighted by Gasteiger charge is 2.27. The van der Waals surface area contributed by atoms with E-state index in [9.17, 15) is 18.0 Å². The first-order valence-electron chi connectivity index (χ1n) is 7.54. The van der Waals surface area contributed by atoms with Gasteiger partial charge in [0.15, 0.2) is 0 Å². The number of amides is 2. The van der Waals surface area contributed by atoms with E-state index in [0.717, 1.165) is 0 Å². The van der Waals surface area contributed by atoms with Crippen molar-refractivity contribution in [1.82, 2.24) is 14.5 Å². The molecule has 2 N–H and O–H groups in total. The van der Waals surface area contributed by atoms with Crippen molar-refractivity contribution in [3.05, 3.63) is 24.3 Å². The molecule has 0 fully saturated rings. The zero-order valence-corrected chi connectivity index (χ0v) is 14.4. The highest BCUT2D eigenvalue weighted by atomic mass is 32.2. The fourth-order valence-corrected chi connectivity index (χ4v) is 3.75. The molecule has 9 heteroatoms. The summed E-state index contributed by atoms with van der Waals surface area (Å²) in [6.45, 7) is 4.56. The Morgan fingerprint density at radius 3 is 2.42 bits per heavy atom. The molecule has 0 aliphatic rings. The number of nitrogens with zero attached hydrogens (tertiary/aromatic N) is 3. The minimum absolute atomic E-state index is 0.171. The molecule has 1 aromatic carbocycles. The quantitative estimate of drug-likeness (QED) is 0.762. The van der Waals surface area contributed by atoms with Crippen LogP contribution in [0.4, 0.5) is 0 Å². The van der Waals surface area contributed by atoms with Gasteiger partial charge in [-0.25, -0.2) is 13.4 Å². The van der Waals surface area contributed by atoms with Crippen LogP contribution in [0.2, 0.25) is 0 Å². The lowest BCUT2D eigenvalue weighted by Crippen LogP contribution is -2.34. The summed E-state index contributed by atoms with van der Waals surface area (Å²) < 4.78 is 26.2. The highest BCUT2D eigenvalue weighted by molar-refractivity contribution is 7.92. The van der Waals surface area contributed by atoms with E-state index in [-0.39, 0.29) is 17.6 Å². The molecule has 0 unspecified atom stereocenters. The lowest BCUT2D eigenvalue weighted by atomic mass is 10.3. The fourth-order valence-electron chi connectivity index (χ4n) is 2.51. The topological polar surface area (TPSA) is 115 Å². The Labute approximate surface area is 140 Å². The Bertz CT molecular complexity index is 869. The minimum atomic E-state index is -4.03.